The number of carbonyl (C=O) groups excluding carboxylic acids is 2. The minimum absolute atomic E-state index is 0.0684. The first-order valence-electron chi connectivity index (χ1n) is 7.94. The van der Waals surface area contributed by atoms with Gasteiger partial charge in [0.1, 0.15) is 11.1 Å². The zero-order valence-electron chi connectivity index (χ0n) is 14.5. The van der Waals surface area contributed by atoms with Gasteiger partial charge in [-0.1, -0.05) is 6.07 Å². The average Bonchev–Trinajstić information content (AvgIpc) is 3.16. The number of hydrogen-bond donors (Lipinski definition) is 2. The summed E-state index contributed by atoms with van der Waals surface area (Å²) >= 11 is 1.21. The first-order valence-corrected chi connectivity index (χ1v) is 10.4. The molecule has 10 heteroatoms. The summed E-state index contributed by atoms with van der Waals surface area (Å²) < 4.78 is 43.8. The van der Waals surface area contributed by atoms with Gasteiger partial charge in [-0.15, -0.1) is 11.3 Å². The maximum absolute atomic E-state index is 13.1. The predicted molar refractivity (Wildman–Crippen MR) is 98.5 cm³/mol. The monoisotopic (exact) mass is 414 g/mol. The van der Waals surface area contributed by atoms with Crippen molar-refractivity contribution in [1.29, 1.82) is 0 Å². The summed E-state index contributed by atoms with van der Waals surface area (Å²) in [7, 11) is -2.45. The van der Waals surface area contributed by atoms with Crippen molar-refractivity contribution in [1.82, 2.24) is 10.6 Å². The third-order valence-corrected chi connectivity index (χ3v) is 6.86. The van der Waals surface area contributed by atoms with Crippen LogP contribution in [0, 0.1) is 5.82 Å². The fraction of sp³-hybridized carbons (Fsp3) is 0.294. The fourth-order valence-electron chi connectivity index (χ4n) is 2.24. The number of amides is 2. The van der Waals surface area contributed by atoms with Gasteiger partial charge in [0.2, 0.25) is 0 Å². The highest BCUT2D eigenvalue weighted by Crippen LogP contribution is 2.31. The lowest BCUT2D eigenvalue weighted by Gasteiger charge is -2.17. The molecule has 1 heterocycles. The Labute approximate surface area is 160 Å². The molecule has 0 saturated carbocycles. The Morgan fingerprint density at radius 1 is 1.15 bits per heavy atom. The molecular formula is C17H19FN2O5S2. The average molecular weight is 414 g/mol. The van der Waals surface area contributed by atoms with Crippen LogP contribution < -0.4 is 10.6 Å². The highest BCUT2D eigenvalue weighted by atomic mass is 32.2. The molecule has 27 heavy (non-hydrogen) atoms. The summed E-state index contributed by atoms with van der Waals surface area (Å²) in [5.74, 6) is -2.37. The van der Waals surface area contributed by atoms with Crippen molar-refractivity contribution in [3.05, 3.63) is 52.5 Å². The number of sulfone groups is 1. The SMILES string of the molecule is COCCNC(=O)C(=O)NC[C@@H](c1cccs1)S(=O)(=O)c1ccc(F)cc1. The Morgan fingerprint density at radius 2 is 1.81 bits per heavy atom. The van der Waals surface area contributed by atoms with Crippen LogP contribution in [0.15, 0.2) is 46.7 Å². The van der Waals surface area contributed by atoms with Gasteiger partial charge < -0.3 is 15.4 Å². The number of halogens is 1. The van der Waals surface area contributed by atoms with Gasteiger partial charge in [0.15, 0.2) is 9.84 Å². The van der Waals surface area contributed by atoms with E-state index < -0.39 is 32.7 Å². The number of hydrogen-bond acceptors (Lipinski definition) is 6. The zero-order valence-corrected chi connectivity index (χ0v) is 16.1. The third kappa shape index (κ3) is 5.59. The van der Waals surface area contributed by atoms with E-state index in [-0.39, 0.29) is 24.6 Å². The number of thiophene rings is 1. The summed E-state index contributed by atoms with van der Waals surface area (Å²) in [5, 5.41) is 5.31. The largest absolute Gasteiger partial charge is 0.383 e. The molecule has 0 radical (unpaired) electrons. The molecule has 1 atom stereocenters. The molecule has 1 aromatic heterocycles. The number of carbonyl (C=O) groups is 2. The molecule has 7 nitrogen and oxygen atoms in total. The van der Waals surface area contributed by atoms with Gasteiger partial charge in [-0.2, -0.15) is 0 Å². The van der Waals surface area contributed by atoms with Crippen LogP contribution in [0.4, 0.5) is 4.39 Å². The van der Waals surface area contributed by atoms with Crippen molar-refractivity contribution >= 4 is 33.0 Å². The molecule has 0 spiro atoms. The maximum atomic E-state index is 13.1. The van der Waals surface area contributed by atoms with Crippen LogP contribution in [-0.2, 0) is 24.2 Å². The highest BCUT2D eigenvalue weighted by Gasteiger charge is 2.31. The number of ether oxygens (including phenoxy) is 1. The van der Waals surface area contributed by atoms with Crippen molar-refractivity contribution < 1.29 is 27.1 Å². The van der Waals surface area contributed by atoms with Crippen LogP contribution in [0.5, 0.6) is 0 Å². The highest BCUT2D eigenvalue weighted by molar-refractivity contribution is 7.91. The number of rotatable bonds is 8. The minimum atomic E-state index is -3.91. The van der Waals surface area contributed by atoms with Crippen LogP contribution in [0.2, 0.25) is 0 Å². The second-order valence-electron chi connectivity index (χ2n) is 5.46. The van der Waals surface area contributed by atoms with E-state index in [1.54, 1.807) is 17.5 Å². The van der Waals surface area contributed by atoms with E-state index in [1.807, 2.05) is 0 Å². The van der Waals surface area contributed by atoms with E-state index in [4.69, 9.17) is 4.74 Å². The van der Waals surface area contributed by atoms with Crippen LogP contribution in [0.1, 0.15) is 10.1 Å². The normalized spacial score (nSPS) is 12.4. The van der Waals surface area contributed by atoms with Crippen LogP contribution in [0.25, 0.3) is 0 Å². The van der Waals surface area contributed by atoms with E-state index in [2.05, 4.69) is 10.6 Å². The van der Waals surface area contributed by atoms with Crippen molar-refractivity contribution in [3.8, 4) is 0 Å². The Hall–Kier alpha value is -2.30. The van der Waals surface area contributed by atoms with E-state index >= 15 is 0 Å². The second kappa shape index (κ2) is 9.58. The van der Waals surface area contributed by atoms with Crippen molar-refractivity contribution in [2.75, 3.05) is 26.8 Å². The number of methoxy groups -OCH3 is 1. The first kappa shape index (κ1) is 21.0. The molecule has 2 aromatic rings. The zero-order chi connectivity index (χ0) is 19.9. The summed E-state index contributed by atoms with van der Waals surface area (Å²) in [5.41, 5.74) is 0. The van der Waals surface area contributed by atoms with Crippen molar-refractivity contribution in [2.45, 2.75) is 10.1 Å². The van der Waals surface area contributed by atoms with Gasteiger partial charge >= 0.3 is 11.8 Å². The smallest absolute Gasteiger partial charge is 0.309 e. The molecule has 1 aromatic carbocycles. The molecular weight excluding hydrogens is 395 g/mol. The molecule has 146 valence electrons. The molecule has 0 saturated heterocycles. The van der Waals surface area contributed by atoms with Gasteiger partial charge in [-0.25, -0.2) is 12.8 Å². The Balaban J connectivity index is 2.15. The van der Waals surface area contributed by atoms with Gasteiger partial charge in [-0.3, -0.25) is 9.59 Å². The molecule has 2 N–H and O–H groups in total. The lowest BCUT2D eigenvalue weighted by molar-refractivity contribution is -0.139. The third-order valence-electron chi connectivity index (χ3n) is 3.62. The Morgan fingerprint density at radius 3 is 2.41 bits per heavy atom. The maximum Gasteiger partial charge on any atom is 0.309 e. The van der Waals surface area contributed by atoms with Crippen LogP contribution in [0.3, 0.4) is 0 Å². The number of nitrogens with one attached hydrogen (secondary N) is 2. The standard InChI is InChI=1S/C17H19FN2O5S2/c1-25-9-8-19-16(21)17(22)20-11-15(14-3-2-10-26-14)27(23,24)13-6-4-12(18)5-7-13/h2-7,10,15H,8-9,11H2,1H3,(H,19,21)(H,20,22)/t15-/m0/s1. The quantitative estimate of drug-likeness (QED) is 0.385. The molecule has 0 bridgehead atoms. The first-order chi connectivity index (χ1) is 12.9. The van der Waals surface area contributed by atoms with E-state index in [0.29, 0.717) is 4.88 Å². The summed E-state index contributed by atoms with van der Waals surface area (Å²) in [6, 6.07) is 7.77. The Kier molecular flexibility index (Phi) is 7.45. The second-order valence-corrected chi connectivity index (χ2v) is 8.57. The molecule has 0 aliphatic heterocycles. The molecule has 0 aliphatic carbocycles. The lowest BCUT2D eigenvalue weighted by Crippen LogP contribution is -2.43. The van der Waals surface area contributed by atoms with Crippen molar-refractivity contribution in [2.24, 2.45) is 0 Å². The lowest BCUT2D eigenvalue weighted by atomic mass is 10.3. The van der Waals surface area contributed by atoms with Crippen molar-refractivity contribution in [3.63, 3.8) is 0 Å². The molecule has 2 rings (SSSR count). The van der Waals surface area contributed by atoms with Gasteiger partial charge in [0, 0.05) is 25.1 Å². The topological polar surface area (TPSA) is 102 Å². The fourth-order valence-corrected chi connectivity index (χ4v) is 5.02. The van der Waals surface area contributed by atoms with Crippen LogP contribution in [-0.4, -0.2) is 47.0 Å². The predicted octanol–water partition coefficient (Wildman–Crippen LogP) is 1.28. The molecule has 2 amide bonds. The molecule has 0 unspecified atom stereocenters. The van der Waals surface area contributed by atoms with E-state index in [0.717, 1.165) is 12.1 Å². The summed E-state index contributed by atoms with van der Waals surface area (Å²) in [6.45, 7) is 0.109. The van der Waals surface area contributed by atoms with E-state index in [9.17, 15) is 22.4 Å². The van der Waals surface area contributed by atoms with E-state index in [1.165, 1.54) is 30.6 Å². The molecule has 0 aliphatic rings. The number of benzene rings is 1. The van der Waals surface area contributed by atoms with Gasteiger partial charge in [0.25, 0.3) is 0 Å². The van der Waals surface area contributed by atoms with Crippen LogP contribution >= 0.6 is 11.3 Å². The molecule has 0 fully saturated rings. The van der Waals surface area contributed by atoms with Gasteiger partial charge in [0.05, 0.1) is 11.5 Å². The minimum Gasteiger partial charge on any atom is -0.383 e. The Bertz CT molecular complexity index is 867. The van der Waals surface area contributed by atoms with Gasteiger partial charge in [-0.05, 0) is 35.7 Å². The summed E-state index contributed by atoms with van der Waals surface area (Å²) in [4.78, 5) is 24.1. The summed E-state index contributed by atoms with van der Waals surface area (Å²) in [6.07, 6.45) is 0.